The van der Waals surface area contributed by atoms with Crippen LogP contribution in [0.5, 0.6) is 5.75 Å². The summed E-state index contributed by atoms with van der Waals surface area (Å²) < 4.78 is 8.81. The third-order valence-electron chi connectivity index (χ3n) is 3.51. The number of rotatable bonds is 3. The average molecular weight is 330 g/mol. The predicted octanol–water partition coefficient (Wildman–Crippen LogP) is 4.77. The summed E-state index contributed by atoms with van der Waals surface area (Å²) >= 11 is 3.54. The third-order valence-corrected chi connectivity index (χ3v) is 4.01. The van der Waals surface area contributed by atoms with Gasteiger partial charge in [0.05, 0.1) is 13.7 Å². The minimum absolute atomic E-state index is 0.810. The monoisotopic (exact) mass is 329 g/mol. The quantitative estimate of drug-likeness (QED) is 0.675. The summed E-state index contributed by atoms with van der Waals surface area (Å²) in [5.74, 6) is 0.937. The van der Waals surface area contributed by atoms with Gasteiger partial charge in [-0.05, 0) is 36.6 Å². The van der Waals surface area contributed by atoms with E-state index in [-0.39, 0.29) is 0 Å². The molecule has 3 heteroatoms. The number of aromatic nitrogens is 1. The van der Waals surface area contributed by atoms with Gasteiger partial charge in [-0.1, -0.05) is 39.7 Å². The molecule has 0 saturated carbocycles. The van der Waals surface area contributed by atoms with E-state index in [1.54, 1.807) is 7.11 Å². The number of benzene rings is 2. The number of hydrogen-bond donors (Lipinski definition) is 0. The number of aryl methyl sites for hydroxylation is 1. The zero-order valence-electron chi connectivity index (χ0n) is 11.6. The first-order valence-electron chi connectivity index (χ1n) is 6.55. The van der Waals surface area contributed by atoms with Crippen molar-refractivity contribution in [3.8, 4) is 5.75 Å². The molecule has 0 spiro atoms. The van der Waals surface area contributed by atoms with Crippen LogP contribution in [-0.4, -0.2) is 11.7 Å². The number of halogens is 1. The molecule has 0 aliphatic heterocycles. The van der Waals surface area contributed by atoms with Crippen LogP contribution in [0.4, 0.5) is 0 Å². The van der Waals surface area contributed by atoms with Gasteiger partial charge in [-0.3, -0.25) is 0 Å². The van der Waals surface area contributed by atoms with Crippen LogP contribution >= 0.6 is 15.9 Å². The van der Waals surface area contributed by atoms with E-state index in [4.69, 9.17) is 4.74 Å². The molecule has 0 radical (unpaired) electrons. The number of methoxy groups -OCH3 is 1. The van der Waals surface area contributed by atoms with Crippen molar-refractivity contribution >= 4 is 26.8 Å². The van der Waals surface area contributed by atoms with E-state index in [2.05, 4.69) is 70.0 Å². The molecule has 3 aromatic rings. The Hall–Kier alpha value is -1.74. The van der Waals surface area contributed by atoms with Crippen molar-refractivity contribution in [2.75, 3.05) is 7.11 Å². The Balaban J connectivity index is 2.05. The Bertz CT molecular complexity index is 761. The molecular formula is C17H16BrNO. The van der Waals surface area contributed by atoms with Gasteiger partial charge in [-0.25, -0.2) is 0 Å². The predicted molar refractivity (Wildman–Crippen MR) is 86.5 cm³/mol. The molecule has 102 valence electrons. The molecule has 0 aliphatic carbocycles. The van der Waals surface area contributed by atoms with E-state index < -0.39 is 0 Å². The van der Waals surface area contributed by atoms with Crippen molar-refractivity contribution < 1.29 is 4.74 Å². The first kappa shape index (κ1) is 13.3. The summed E-state index contributed by atoms with van der Waals surface area (Å²) in [5.41, 5.74) is 3.67. The zero-order valence-corrected chi connectivity index (χ0v) is 13.1. The van der Waals surface area contributed by atoms with Gasteiger partial charge in [-0.2, -0.15) is 0 Å². The maximum Gasteiger partial charge on any atom is 0.123 e. The molecule has 0 unspecified atom stereocenters. The van der Waals surface area contributed by atoms with Crippen LogP contribution < -0.4 is 4.74 Å². The standard InChI is InChI=1S/C17H16BrNO/c1-12-3-6-17(20-2)14(9-12)11-19-8-7-13-4-5-15(18)10-16(13)19/h3-10H,11H2,1-2H3. The molecule has 1 aromatic heterocycles. The van der Waals surface area contributed by atoms with E-state index in [9.17, 15) is 0 Å². The highest BCUT2D eigenvalue weighted by Gasteiger charge is 2.07. The summed E-state index contributed by atoms with van der Waals surface area (Å²) in [6.07, 6.45) is 2.12. The molecule has 0 bridgehead atoms. The summed E-state index contributed by atoms with van der Waals surface area (Å²) in [7, 11) is 1.72. The van der Waals surface area contributed by atoms with E-state index in [0.717, 1.165) is 16.8 Å². The van der Waals surface area contributed by atoms with Crippen molar-refractivity contribution in [3.05, 3.63) is 64.3 Å². The topological polar surface area (TPSA) is 14.2 Å². The Kier molecular flexibility index (Phi) is 3.53. The first-order chi connectivity index (χ1) is 9.67. The molecule has 0 amide bonds. The largest absolute Gasteiger partial charge is 0.496 e. The second kappa shape index (κ2) is 5.33. The number of ether oxygens (including phenoxy) is 1. The Labute approximate surface area is 127 Å². The maximum atomic E-state index is 5.46. The van der Waals surface area contributed by atoms with Crippen LogP contribution in [0, 0.1) is 6.92 Å². The second-order valence-corrected chi connectivity index (χ2v) is 5.88. The minimum atomic E-state index is 0.810. The summed E-state index contributed by atoms with van der Waals surface area (Å²) in [4.78, 5) is 0. The van der Waals surface area contributed by atoms with Crippen molar-refractivity contribution in [2.24, 2.45) is 0 Å². The maximum absolute atomic E-state index is 5.46. The lowest BCUT2D eigenvalue weighted by Gasteiger charge is -2.11. The third kappa shape index (κ3) is 2.46. The Morgan fingerprint density at radius 3 is 2.75 bits per heavy atom. The van der Waals surface area contributed by atoms with Crippen molar-refractivity contribution in [2.45, 2.75) is 13.5 Å². The van der Waals surface area contributed by atoms with Gasteiger partial charge in [0.1, 0.15) is 5.75 Å². The molecular weight excluding hydrogens is 314 g/mol. The van der Waals surface area contributed by atoms with Gasteiger partial charge in [-0.15, -0.1) is 0 Å². The van der Waals surface area contributed by atoms with Crippen LogP contribution in [0.25, 0.3) is 10.9 Å². The van der Waals surface area contributed by atoms with E-state index in [1.165, 1.54) is 22.0 Å². The summed E-state index contributed by atoms with van der Waals surface area (Å²) in [6.45, 7) is 2.91. The minimum Gasteiger partial charge on any atom is -0.496 e. The fourth-order valence-corrected chi connectivity index (χ4v) is 2.86. The van der Waals surface area contributed by atoms with Gasteiger partial charge in [0.15, 0.2) is 0 Å². The molecule has 0 saturated heterocycles. The lowest BCUT2D eigenvalue weighted by Crippen LogP contribution is -2.01. The highest BCUT2D eigenvalue weighted by Crippen LogP contribution is 2.25. The van der Waals surface area contributed by atoms with Gasteiger partial charge in [0.25, 0.3) is 0 Å². The Morgan fingerprint density at radius 1 is 1.10 bits per heavy atom. The first-order valence-corrected chi connectivity index (χ1v) is 7.34. The average Bonchev–Trinajstić information content (AvgIpc) is 2.82. The smallest absolute Gasteiger partial charge is 0.123 e. The summed E-state index contributed by atoms with van der Waals surface area (Å²) in [6, 6.07) is 14.8. The van der Waals surface area contributed by atoms with Crippen LogP contribution in [0.15, 0.2) is 53.1 Å². The number of hydrogen-bond acceptors (Lipinski definition) is 1. The molecule has 1 heterocycles. The molecule has 0 aliphatic rings. The highest BCUT2D eigenvalue weighted by atomic mass is 79.9. The lowest BCUT2D eigenvalue weighted by molar-refractivity contribution is 0.408. The van der Waals surface area contributed by atoms with Crippen LogP contribution in [0.1, 0.15) is 11.1 Å². The normalized spacial score (nSPS) is 10.9. The summed E-state index contributed by atoms with van der Waals surface area (Å²) in [5, 5.41) is 1.25. The fourth-order valence-electron chi connectivity index (χ4n) is 2.51. The fraction of sp³-hybridized carbons (Fsp3) is 0.176. The van der Waals surface area contributed by atoms with Crippen LogP contribution in [0.2, 0.25) is 0 Å². The lowest BCUT2D eigenvalue weighted by atomic mass is 10.1. The van der Waals surface area contributed by atoms with Gasteiger partial charge < -0.3 is 9.30 Å². The van der Waals surface area contributed by atoms with Crippen LogP contribution in [-0.2, 0) is 6.54 Å². The molecule has 2 aromatic carbocycles. The SMILES string of the molecule is COc1ccc(C)cc1Cn1ccc2ccc(Br)cc21. The number of nitrogens with zero attached hydrogens (tertiary/aromatic N) is 1. The molecule has 0 N–H and O–H groups in total. The van der Waals surface area contributed by atoms with E-state index >= 15 is 0 Å². The van der Waals surface area contributed by atoms with E-state index in [1.807, 2.05) is 6.07 Å². The second-order valence-electron chi connectivity index (χ2n) is 4.96. The van der Waals surface area contributed by atoms with Gasteiger partial charge >= 0.3 is 0 Å². The highest BCUT2D eigenvalue weighted by molar-refractivity contribution is 9.10. The zero-order chi connectivity index (χ0) is 14.1. The van der Waals surface area contributed by atoms with E-state index in [0.29, 0.717) is 0 Å². The van der Waals surface area contributed by atoms with Crippen molar-refractivity contribution in [1.82, 2.24) is 4.57 Å². The number of fused-ring (bicyclic) bond motifs is 1. The van der Waals surface area contributed by atoms with Crippen molar-refractivity contribution in [1.29, 1.82) is 0 Å². The van der Waals surface area contributed by atoms with Gasteiger partial charge in [0.2, 0.25) is 0 Å². The van der Waals surface area contributed by atoms with Gasteiger partial charge in [0, 0.05) is 21.7 Å². The molecule has 20 heavy (non-hydrogen) atoms. The molecule has 0 fully saturated rings. The Morgan fingerprint density at radius 2 is 1.95 bits per heavy atom. The molecule has 2 nitrogen and oxygen atoms in total. The molecule has 0 atom stereocenters. The molecule has 3 rings (SSSR count). The van der Waals surface area contributed by atoms with Crippen molar-refractivity contribution in [3.63, 3.8) is 0 Å². The van der Waals surface area contributed by atoms with Crippen LogP contribution in [0.3, 0.4) is 0 Å².